The average molecular weight is 411 g/mol. The van der Waals surface area contributed by atoms with Crippen LogP contribution < -0.4 is 24.3 Å². The van der Waals surface area contributed by atoms with Crippen LogP contribution in [0.25, 0.3) is 0 Å². The van der Waals surface area contributed by atoms with E-state index in [4.69, 9.17) is 18.9 Å². The smallest absolute Gasteiger partial charge is 0.255 e. The number of benzene rings is 3. The van der Waals surface area contributed by atoms with Crippen molar-refractivity contribution in [3.63, 3.8) is 0 Å². The van der Waals surface area contributed by atoms with E-state index in [1.807, 2.05) is 30.3 Å². The van der Waals surface area contributed by atoms with Gasteiger partial charge in [-0.2, -0.15) is 0 Å². The summed E-state index contributed by atoms with van der Waals surface area (Å²) in [7, 11) is 4.33. The number of nitrogens with one attached hydrogen (secondary N) is 1. The first-order chi connectivity index (χ1) is 14.5. The SMILES string of the molecule is COc1ccc(NC(=O)c2cc(OC)c(OCc3ccccc3)c(OC)c2)cc1F. The van der Waals surface area contributed by atoms with Gasteiger partial charge in [-0.05, 0) is 29.8 Å². The fourth-order valence-electron chi connectivity index (χ4n) is 2.83. The van der Waals surface area contributed by atoms with E-state index in [1.165, 1.54) is 45.6 Å². The summed E-state index contributed by atoms with van der Waals surface area (Å²) in [4.78, 5) is 12.7. The number of methoxy groups -OCH3 is 3. The molecule has 0 aliphatic carbocycles. The Morgan fingerprint density at radius 3 is 2.07 bits per heavy atom. The Morgan fingerprint density at radius 2 is 1.50 bits per heavy atom. The van der Waals surface area contributed by atoms with Gasteiger partial charge in [-0.1, -0.05) is 30.3 Å². The normalized spacial score (nSPS) is 10.3. The first-order valence-electron chi connectivity index (χ1n) is 9.13. The predicted molar refractivity (Wildman–Crippen MR) is 111 cm³/mol. The molecule has 0 bridgehead atoms. The number of hydrogen-bond donors (Lipinski definition) is 1. The number of halogens is 1. The summed E-state index contributed by atoms with van der Waals surface area (Å²) >= 11 is 0. The van der Waals surface area contributed by atoms with Gasteiger partial charge >= 0.3 is 0 Å². The highest BCUT2D eigenvalue weighted by Gasteiger charge is 2.18. The largest absolute Gasteiger partial charge is 0.494 e. The highest BCUT2D eigenvalue weighted by molar-refractivity contribution is 6.05. The molecule has 0 saturated carbocycles. The molecule has 1 amide bonds. The van der Waals surface area contributed by atoms with Crippen molar-refractivity contribution in [3.05, 3.63) is 77.6 Å². The molecule has 156 valence electrons. The van der Waals surface area contributed by atoms with Gasteiger partial charge in [0.15, 0.2) is 23.1 Å². The fraction of sp³-hybridized carbons (Fsp3) is 0.174. The summed E-state index contributed by atoms with van der Waals surface area (Å²) in [6.45, 7) is 0.310. The van der Waals surface area contributed by atoms with E-state index in [2.05, 4.69) is 5.32 Å². The van der Waals surface area contributed by atoms with Crippen molar-refractivity contribution in [1.82, 2.24) is 0 Å². The van der Waals surface area contributed by atoms with Crippen LogP contribution in [0.15, 0.2) is 60.7 Å². The quantitative estimate of drug-likeness (QED) is 0.583. The van der Waals surface area contributed by atoms with E-state index in [9.17, 15) is 9.18 Å². The van der Waals surface area contributed by atoms with Crippen LogP contribution in [-0.2, 0) is 6.61 Å². The third-order valence-electron chi connectivity index (χ3n) is 4.36. The molecule has 1 N–H and O–H groups in total. The van der Waals surface area contributed by atoms with Gasteiger partial charge in [0, 0.05) is 17.3 Å². The summed E-state index contributed by atoms with van der Waals surface area (Å²) in [5, 5.41) is 2.64. The summed E-state index contributed by atoms with van der Waals surface area (Å²) in [5.74, 6) is 0.140. The molecule has 3 aromatic rings. The third-order valence-corrected chi connectivity index (χ3v) is 4.36. The topological polar surface area (TPSA) is 66.0 Å². The van der Waals surface area contributed by atoms with Crippen molar-refractivity contribution in [2.75, 3.05) is 26.6 Å². The van der Waals surface area contributed by atoms with Crippen LogP contribution in [0.3, 0.4) is 0 Å². The van der Waals surface area contributed by atoms with E-state index in [0.29, 0.717) is 29.5 Å². The lowest BCUT2D eigenvalue weighted by Gasteiger charge is -2.16. The van der Waals surface area contributed by atoms with E-state index in [0.717, 1.165) is 5.56 Å². The Bertz CT molecular complexity index is 998. The molecule has 0 unspecified atom stereocenters. The molecule has 0 fully saturated rings. The minimum absolute atomic E-state index is 0.0938. The zero-order valence-electron chi connectivity index (χ0n) is 16.9. The number of carbonyl (C=O) groups excluding carboxylic acids is 1. The van der Waals surface area contributed by atoms with E-state index < -0.39 is 11.7 Å². The highest BCUT2D eigenvalue weighted by atomic mass is 19.1. The van der Waals surface area contributed by atoms with E-state index in [-0.39, 0.29) is 11.3 Å². The molecule has 0 aliphatic rings. The van der Waals surface area contributed by atoms with Crippen molar-refractivity contribution >= 4 is 11.6 Å². The zero-order chi connectivity index (χ0) is 21.5. The van der Waals surface area contributed by atoms with Crippen molar-refractivity contribution in [1.29, 1.82) is 0 Å². The Labute approximate surface area is 174 Å². The lowest BCUT2D eigenvalue weighted by Crippen LogP contribution is -2.13. The second-order valence-electron chi connectivity index (χ2n) is 6.29. The van der Waals surface area contributed by atoms with E-state index >= 15 is 0 Å². The fourth-order valence-corrected chi connectivity index (χ4v) is 2.83. The number of ether oxygens (including phenoxy) is 4. The molecule has 30 heavy (non-hydrogen) atoms. The predicted octanol–water partition coefficient (Wildman–Crippen LogP) is 4.68. The maximum Gasteiger partial charge on any atom is 0.255 e. The number of amides is 1. The third kappa shape index (κ3) is 4.81. The lowest BCUT2D eigenvalue weighted by molar-refractivity contribution is 0.102. The second-order valence-corrected chi connectivity index (χ2v) is 6.29. The summed E-state index contributed by atoms with van der Waals surface area (Å²) in [6, 6.07) is 16.9. The van der Waals surface area contributed by atoms with Crippen LogP contribution in [0, 0.1) is 5.82 Å². The van der Waals surface area contributed by atoms with Gasteiger partial charge in [-0.25, -0.2) is 4.39 Å². The maximum atomic E-state index is 13.9. The van der Waals surface area contributed by atoms with Crippen LogP contribution in [0.5, 0.6) is 23.0 Å². The van der Waals surface area contributed by atoms with Gasteiger partial charge in [-0.3, -0.25) is 4.79 Å². The molecule has 0 atom stereocenters. The lowest BCUT2D eigenvalue weighted by atomic mass is 10.1. The van der Waals surface area contributed by atoms with Crippen LogP contribution in [0.4, 0.5) is 10.1 Å². The number of hydrogen-bond acceptors (Lipinski definition) is 5. The number of carbonyl (C=O) groups is 1. The molecular weight excluding hydrogens is 389 g/mol. The van der Waals surface area contributed by atoms with Crippen LogP contribution in [0.1, 0.15) is 15.9 Å². The van der Waals surface area contributed by atoms with Gasteiger partial charge in [-0.15, -0.1) is 0 Å². The molecule has 3 aromatic carbocycles. The van der Waals surface area contributed by atoms with Crippen molar-refractivity contribution < 1.29 is 28.1 Å². The molecule has 0 aliphatic heterocycles. The van der Waals surface area contributed by atoms with Gasteiger partial charge in [0.05, 0.1) is 21.3 Å². The Morgan fingerprint density at radius 1 is 0.867 bits per heavy atom. The standard InChI is InChI=1S/C23H22FNO5/c1-27-19-10-9-17(13-18(19)24)25-23(26)16-11-20(28-2)22(21(12-16)29-3)30-14-15-7-5-4-6-8-15/h4-13H,14H2,1-3H3,(H,25,26). The van der Waals surface area contributed by atoms with Gasteiger partial charge < -0.3 is 24.3 Å². The Hall–Kier alpha value is -3.74. The molecule has 0 radical (unpaired) electrons. The van der Waals surface area contributed by atoms with Gasteiger partial charge in [0.2, 0.25) is 5.75 Å². The molecule has 3 rings (SSSR count). The highest BCUT2D eigenvalue weighted by Crippen LogP contribution is 2.39. The molecule has 0 saturated heterocycles. The molecule has 7 heteroatoms. The summed E-state index contributed by atoms with van der Waals surface area (Å²) in [6.07, 6.45) is 0. The first kappa shape index (κ1) is 21.0. The Kier molecular flexibility index (Phi) is 6.75. The number of rotatable bonds is 8. The van der Waals surface area contributed by atoms with Crippen LogP contribution in [0.2, 0.25) is 0 Å². The van der Waals surface area contributed by atoms with Crippen LogP contribution in [-0.4, -0.2) is 27.2 Å². The van der Waals surface area contributed by atoms with Crippen molar-refractivity contribution in [2.45, 2.75) is 6.61 Å². The molecular formula is C23H22FNO5. The van der Waals surface area contributed by atoms with E-state index in [1.54, 1.807) is 6.07 Å². The maximum absolute atomic E-state index is 13.9. The van der Waals surface area contributed by atoms with Crippen molar-refractivity contribution in [3.8, 4) is 23.0 Å². The first-order valence-corrected chi connectivity index (χ1v) is 9.13. The van der Waals surface area contributed by atoms with Crippen molar-refractivity contribution in [2.24, 2.45) is 0 Å². The summed E-state index contributed by atoms with van der Waals surface area (Å²) < 4.78 is 35.5. The molecule has 6 nitrogen and oxygen atoms in total. The Balaban J connectivity index is 1.83. The van der Waals surface area contributed by atoms with Gasteiger partial charge in [0.1, 0.15) is 6.61 Å². The minimum Gasteiger partial charge on any atom is -0.494 e. The minimum atomic E-state index is -0.574. The summed E-state index contributed by atoms with van der Waals surface area (Å²) in [5.41, 5.74) is 1.54. The molecule has 0 heterocycles. The zero-order valence-corrected chi connectivity index (χ0v) is 16.9. The average Bonchev–Trinajstić information content (AvgIpc) is 2.77. The molecule has 0 spiro atoms. The van der Waals surface area contributed by atoms with Crippen LogP contribution >= 0.6 is 0 Å². The van der Waals surface area contributed by atoms with Gasteiger partial charge in [0.25, 0.3) is 5.91 Å². The number of anilines is 1. The molecule has 0 aromatic heterocycles. The monoisotopic (exact) mass is 411 g/mol. The second kappa shape index (κ2) is 9.65.